The van der Waals surface area contributed by atoms with E-state index in [9.17, 15) is 14.4 Å². The third-order valence-corrected chi connectivity index (χ3v) is 5.39. The summed E-state index contributed by atoms with van der Waals surface area (Å²) in [4.78, 5) is 36.8. The minimum absolute atomic E-state index is 0.306. The highest BCUT2D eigenvalue weighted by Crippen LogP contribution is 2.44. The summed E-state index contributed by atoms with van der Waals surface area (Å²) in [6, 6.07) is -2.07. The van der Waals surface area contributed by atoms with E-state index in [4.69, 9.17) is 28.8 Å². The van der Waals surface area contributed by atoms with Crippen LogP contribution in [0.25, 0.3) is 0 Å². The van der Waals surface area contributed by atoms with Gasteiger partial charge in [0.15, 0.2) is 24.0 Å². The molecular weight excluding hydrogens is 412 g/mol. The fourth-order valence-electron chi connectivity index (χ4n) is 3.96. The largest absolute Gasteiger partial charge is 0.480 e. The maximum Gasteiger partial charge on any atom is 0.325 e. The molecule has 11 heteroatoms. The highest BCUT2D eigenvalue weighted by atomic mass is 16.9. The van der Waals surface area contributed by atoms with Crippen LogP contribution >= 0.6 is 0 Å². The molecule has 3 aliphatic rings. The number of carboxylic acids is 1. The Labute approximate surface area is 181 Å². The number of aliphatic carboxylic acids is 1. The fraction of sp³-hybridized carbons (Fsp3) is 0.850. The van der Waals surface area contributed by atoms with Gasteiger partial charge in [0.1, 0.15) is 30.4 Å². The molecule has 0 aromatic rings. The van der Waals surface area contributed by atoms with Gasteiger partial charge in [-0.1, -0.05) is 13.8 Å². The topological polar surface area (TPSA) is 142 Å². The molecule has 0 bridgehead atoms. The highest BCUT2D eigenvalue weighted by Gasteiger charge is 2.62. The molecule has 31 heavy (non-hydrogen) atoms. The van der Waals surface area contributed by atoms with Crippen LogP contribution in [0.1, 0.15) is 48.5 Å². The van der Waals surface area contributed by atoms with E-state index in [0.29, 0.717) is 0 Å². The maximum absolute atomic E-state index is 13.2. The Morgan fingerprint density at radius 3 is 1.97 bits per heavy atom. The van der Waals surface area contributed by atoms with Gasteiger partial charge >= 0.3 is 5.97 Å². The van der Waals surface area contributed by atoms with Crippen molar-refractivity contribution < 1.29 is 43.2 Å². The first-order chi connectivity index (χ1) is 14.2. The Balaban J connectivity index is 1.77. The molecule has 0 radical (unpaired) electrons. The summed E-state index contributed by atoms with van der Waals surface area (Å²) in [6.07, 6.45) is -3.92. The third kappa shape index (κ3) is 5.01. The van der Waals surface area contributed by atoms with Crippen LogP contribution < -0.4 is 10.6 Å². The van der Waals surface area contributed by atoms with Crippen LogP contribution in [0, 0.1) is 5.92 Å². The molecule has 0 aliphatic carbocycles. The molecule has 3 N–H and O–H groups in total. The minimum Gasteiger partial charge on any atom is -0.480 e. The molecule has 3 saturated heterocycles. The van der Waals surface area contributed by atoms with Crippen LogP contribution in [0.3, 0.4) is 0 Å². The van der Waals surface area contributed by atoms with Crippen molar-refractivity contribution in [3.63, 3.8) is 0 Å². The van der Waals surface area contributed by atoms with Gasteiger partial charge in [-0.15, -0.1) is 0 Å². The SMILES string of the molecule is CC(NC(=O)C(NC(=O)C1OC2OC(C)(C)OC2C2OC(C)(C)OC12)C(C)C)C(=O)O. The molecule has 3 rings (SSSR count). The molecule has 3 aliphatic heterocycles. The van der Waals surface area contributed by atoms with Crippen molar-refractivity contribution in [3.05, 3.63) is 0 Å². The van der Waals surface area contributed by atoms with Crippen molar-refractivity contribution in [2.24, 2.45) is 5.92 Å². The lowest BCUT2D eigenvalue weighted by atomic mass is 9.97. The predicted octanol–water partition coefficient (Wildman–Crippen LogP) is 0.113. The molecule has 0 saturated carbocycles. The number of nitrogens with one attached hydrogen (secondary N) is 2. The normalized spacial score (nSPS) is 35.0. The van der Waals surface area contributed by atoms with Crippen molar-refractivity contribution >= 4 is 17.8 Å². The van der Waals surface area contributed by atoms with Crippen LogP contribution in [0.2, 0.25) is 0 Å². The number of hydrogen-bond donors (Lipinski definition) is 3. The first-order valence-electron chi connectivity index (χ1n) is 10.4. The van der Waals surface area contributed by atoms with Crippen LogP contribution in [0.4, 0.5) is 0 Å². The average Bonchev–Trinajstić information content (AvgIpc) is 3.11. The number of carbonyl (C=O) groups excluding carboxylic acids is 2. The van der Waals surface area contributed by atoms with Gasteiger partial charge in [-0.3, -0.25) is 14.4 Å². The van der Waals surface area contributed by atoms with E-state index in [1.165, 1.54) is 6.92 Å². The number of fused-ring (bicyclic) bond motifs is 3. The van der Waals surface area contributed by atoms with E-state index in [1.54, 1.807) is 41.5 Å². The lowest BCUT2D eigenvalue weighted by Crippen LogP contribution is -2.62. The zero-order chi connectivity index (χ0) is 23.3. The quantitative estimate of drug-likeness (QED) is 0.520. The van der Waals surface area contributed by atoms with Gasteiger partial charge in [0.2, 0.25) is 5.91 Å². The molecule has 3 fully saturated rings. The Hall–Kier alpha value is -1.79. The molecule has 176 valence electrons. The van der Waals surface area contributed by atoms with Crippen molar-refractivity contribution in [1.82, 2.24) is 10.6 Å². The second kappa shape index (κ2) is 8.28. The van der Waals surface area contributed by atoms with Gasteiger partial charge in [0.25, 0.3) is 5.91 Å². The summed E-state index contributed by atoms with van der Waals surface area (Å²) in [7, 11) is 0. The van der Waals surface area contributed by atoms with Gasteiger partial charge in [-0.2, -0.15) is 0 Å². The number of amides is 2. The van der Waals surface area contributed by atoms with E-state index in [0.717, 1.165) is 0 Å². The molecule has 7 atom stereocenters. The van der Waals surface area contributed by atoms with Gasteiger partial charge in [0.05, 0.1) is 0 Å². The van der Waals surface area contributed by atoms with Gasteiger partial charge < -0.3 is 39.4 Å². The zero-order valence-electron chi connectivity index (χ0n) is 18.8. The first-order valence-corrected chi connectivity index (χ1v) is 10.4. The zero-order valence-corrected chi connectivity index (χ0v) is 18.8. The van der Waals surface area contributed by atoms with Crippen molar-refractivity contribution in [1.29, 1.82) is 0 Å². The van der Waals surface area contributed by atoms with Gasteiger partial charge in [-0.05, 0) is 40.5 Å². The third-order valence-electron chi connectivity index (χ3n) is 5.39. The highest BCUT2D eigenvalue weighted by molar-refractivity contribution is 5.91. The van der Waals surface area contributed by atoms with Crippen molar-refractivity contribution in [3.8, 4) is 0 Å². The van der Waals surface area contributed by atoms with Crippen molar-refractivity contribution in [2.75, 3.05) is 0 Å². The van der Waals surface area contributed by atoms with Gasteiger partial charge in [0, 0.05) is 0 Å². The van der Waals surface area contributed by atoms with E-state index in [-0.39, 0.29) is 5.92 Å². The van der Waals surface area contributed by atoms with E-state index in [2.05, 4.69) is 10.6 Å². The Morgan fingerprint density at radius 1 is 0.839 bits per heavy atom. The monoisotopic (exact) mass is 444 g/mol. The van der Waals surface area contributed by atoms with Crippen LogP contribution in [0.5, 0.6) is 0 Å². The average molecular weight is 444 g/mol. The summed E-state index contributed by atoms with van der Waals surface area (Å²) in [5.74, 6) is -4.55. The second-order valence-corrected chi connectivity index (χ2v) is 9.39. The summed E-state index contributed by atoms with van der Waals surface area (Å²) in [5.41, 5.74) is 0. The van der Waals surface area contributed by atoms with E-state index >= 15 is 0 Å². The Bertz CT molecular complexity index is 738. The second-order valence-electron chi connectivity index (χ2n) is 9.39. The van der Waals surface area contributed by atoms with Gasteiger partial charge in [-0.25, -0.2) is 0 Å². The number of carboxylic acid groups (broad SMARTS) is 1. The number of rotatable bonds is 6. The number of hydrogen-bond acceptors (Lipinski definition) is 8. The van der Waals surface area contributed by atoms with E-state index in [1.807, 2.05) is 0 Å². The van der Waals surface area contributed by atoms with Crippen LogP contribution in [0.15, 0.2) is 0 Å². The molecule has 0 aromatic carbocycles. The standard InChI is InChI=1S/C20H32N2O9/c1-8(2)10(15(23)21-9(3)17(25)26)22-16(24)13-11-12(29-19(4,5)28-11)14-18(27-13)31-20(6,7)30-14/h8-14,18H,1-7H3,(H,21,23)(H,22,24)(H,25,26). The van der Waals surface area contributed by atoms with Crippen molar-refractivity contribution in [2.45, 2.75) is 103 Å². The predicted molar refractivity (Wildman–Crippen MR) is 105 cm³/mol. The Kier molecular flexibility index (Phi) is 6.38. The lowest BCUT2D eigenvalue weighted by Gasteiger charge is -2.37. The molecule has 11 nitrogen and oxygen atoms in total. The Morgan fingerprint density at radius 2 is 1.39 bits per heavy atom. The summed E-state index contributed by atoms with van der Waals surface area (Å²) in [5, 5.41) is 14.1. The molecule has 0 spiro atoms. The minimum atomic E-state index is -1.17. The van der Waals surface area contributed by atoms with E-state index < -0.39 is 72.1 Å². The first kappa shape index (κ1) is 23.9. The summed E-state index contributed by atoms with van der Waals surface area (Å²) < 4.78 is 29.5. The lowest BCUT2D eigenvalue weighted by molar-refractivity contribution is -0.231. The molecule has 3 heterocycles. The molecular formula is C20H32N2O9. The fourth-order valence-corrected chi connectivity index (χ4v) is 3.96. The molecule has 2 amide bonds. The summed E-state index contributed by atoms with van der Waals surface area (Å²) >= 11 is 0. The number of ether oxygens (including phenoxy) is 5. The van der Waals surface area contributed by atoms with Crippen LogP contribution in [-0.2, 0) is 38.1 Å². The molecule has 0 aromatic heterocycles. The molecule has 7 unspecified atom stereocenters. The number of carbonyl (C=O) groups is 3. The summed E-state index contributed by atoms with van der Waals surface area (Å²) in [6.45, 7) is 11.8. The maximum atomic E-state index is 13.2. The smallest absolute Gasteiger partial charge is 0.325 e. The van der Waals surface area contributed by atoms with Crippen LogP contribution in [-0.4, -0.2) is 77.3 Å².